The van der Waals surface area contributed by atoms with E-state index in [0.717, 1.165) is 5.56 Å². The van der Waals surface area contributed by atoms with Crippen molar-refractivity contribution in [3.05, 3.63) is 71.9 Å². The van der Waals surface area contributed by atoms with E-state index in [4.69, 9.17) is 14.7 Å². The normalized spacial score (nSPS) is 11.4. The topological polar surface area (TPSA) is 77.1 Å². The van der Waals surface area contributed by atoms with E-state index in [1.54, 1.807) is 24.1 Å². The van der Waals surface area contributed by atoms with E-state index < -0.39 is 12.1 Å². The van der Waals surface area contributed by atoms with Crippen molar-refractivity contribution in [1.82, 2.24) is 9.78 Å². The van der Waals surface area contributed by atoms with Gasteiger partial charge in [-0.1, -0.05) is 42.5 Å². The van der Waals surface area contributed by atoms with Gasteiger partial charge in [0.1, 0.15) is 23.1 Å². The van der Waals surface area contributed by atoms with Crippen LogP contribution >= 0.6 is 0 Å². The van der Waals surface area contributed by atoms with Crippen molar-refractivity contribution in [1.29, 1.82) is 5.26 Å². The number of nitriles is 1. The van der Waals surface area contributed by atoms with Gasteiger partial charge in [-0.2, -0.15) is 10.4 Å². The molecule has 3 aromatic rings. The largest absolute Gasteiger partial charge is 0.496 e. The monoisotopic (exact) mass is 361 g/mol. The lowest BCUT2D eigenvalue weighted by molar-refractivity contribution is 0.0436. The molecule has 0 aliphatic heterocycles. The van der Waals surface area contributed by atoms with Gasteiger partial charge in [-0.05, 0) is 24.6 Å². The van der Waals surface area contributed by atoms with Gasteiger partial charge in [0.2, 0.25) is 0 Å². The molecule has 0 N–H and O–H groups in total. The lowest BCUT2D eigenvalue weighted by Crippen LogP contribution is -2.13. The average Bonchev–Trinajstić information content (AvgIpc) is 3.12. The molecule has 1 aromatic heterocycles. The summed E-state index contributed by atoms with van der Waals surface area (Å²) in [6, 6.07) is 19.0. The molecule has 0 bridgehead atoms. The minimum atomic E-state index is -0.847. The van der Waals surface area contributed by atoms with Gasteiger partial charge in [0.05, 0.1) is 13.7 Å². The Bertz CT molecular complexity index is 974. The van der Waals surface area contributed by atoms with Crippen LogP contribution in [0, 0.1) is 11.3 Å². The molecule has 1 atom stereocenters. The number of methoxy groups -OCH3 is 1. The zero-order chi connectivity index (χ0) is 19.2. The molecule has 2 aromatic carbocycles. The van der Waals surface area contributed by atoms with Crippen LogP contribution in [0.3, 0.4) is 0 Å². The van der Waals surface area contributed by atoms with E-state index in [1.807, 2.05) is 54.6 Å². The molecule has 1 heterocycles. The highest BCUT2D eigenvalue weighted by Crippen LogP contribution is 2.31. The highest BCUT2D eigenvalue weighted by atomic mass is 16.5. The van der Waals surface area contributed by atoms with Crippen molar-refractivity contribution in [3.63, 3.8) is 0 Å². The number of esters is 1. The fraction of sp³-hybridized carbons (Fsp3) is 0.190. The molecule has 0 aliphatic carbocycles. The maximum atomic E-state index is 12.6. The summed E-state index contributed by atoms with van der Waals surface area (Å²) in [5.74, 6) is 0.00844. The molecule has 27 heavy (non-hydrogen) atoms. The van der Waals surface area contributed by atoms with E-state index in [2.05, 4.69) is 5.10 Å². The van der Waals surface area contributed by atoms with E-state index >= 15 is 0 Å². The van der Waals surface area contributed by atoms with E-state index in [1.165, 1.54) is 6.92 Å². The fourth-order valence-corrected chi connectivity index (χ4v) is 2.71. The Kier molecular flexibility index (Phi) is 5.53. The number of benzene rings is 2. The lowest BCUT2D eigenvalue weighted by Gasteiger charge is -2.08. The number of para-hydroxylation sites is 1. The SMILES string of the molecule is COc1ccccc1-c1nn(Cc2ccccc2)cc1C(=O)O[C@H](C)C#N. The molecular weight excluding hydrogens is 342 g/mol. The molecule has 0 radical (unpaired) electrons. The first kappa shape index (κ1) is 18.2. The van der Waals surface area contributed by atoms with Crippen molar-refractivity contribution in [2.24, 2.45) is 0 Å². The number of aromatic nitrogens is 2. The second-order valence-electron chi connectivity index (χ2n) is 5.95. The minimum Gasteiger partial charge on any atom is -0.496 e. The zero-order valence-corrected chi connectivity index (χ0v) is 15.1. The summed E-state index contributed by atoms with van der Waals surface area (Å²) in [4.78, 5) is 12.6. The third kappa shape index (κ3) is 4.15. The minimum absolute atomic E-state index is 0.289. The lowest BCUT2D eigenvalue weighted by atomic mass is 10.1. The fourth-order valence-electron chi connectivity index (χ4n) is 2.71. The summed E-state index contributed by atoms with van der Waals surface area (Å²) in [6.45, 7) is 2.03. The van der Waals surface area contributed by atoms with Crippen molar-refractivity contribution >= 4 is 5.97 Å². The Labute approximate surface area is 157 Å². The summed E-state index contributed by atoms with van der Waals surface area (Å²) in [7, 11) is 1.57. The molecule has 136 valence electrons. The predicted octanol–water partition coefficient (Wildman–Crippen LogP) is 3.68. The molecule has 0 spiro atoms. The Morgan fingerprint density at radius 1 is 1.19 bits per heavy atom. The molecule has 3 rings (SSSR count). The van der Waals surface area contributed by atoms with Crippen molar-refractivity contribution in [2.75, 3.05) is 7.11 Å². The number of carbonyl (C=O) groups is 1. The summed E-state index contributed by atoms with van der Waals surface area (Å²) >= 11 is 0. The molecule has 0 saturated heterocycles. The molecule has 0 amide bonds. The van der Waals surface area contributed by atoms with Crippen LogP contribution in [0.15, 0.2) is 60.8 Å². The highest BCUT2D eigenvalue weighted by Gasteiger charge is 2.23. The quantitative estimate of drug-likeness (QED) is 0.626. The number of carbonyl (C=O) groups excluding carboxylic acids is 1. The summed E-state index contributed by atoms with van der Waals surface area (Å²) in [5.41, 5.74) is 2.48. The van der Waals surface area contributed by atoms with Crippen molar-refractivity contribution in [3.8, 4) is 23.1 Å². The summed E-state index contributed by atoms with van der Waals surface area (Å²) < 4.78 is 12.3. The van der Waals surface area contributed by atoms with Gasteiger partial charge in [-0.15, -0.1) is 0 Å². The van der Waals surface area contributed by atoms with E-state index in [9.17, 15) is 4.79 Å². The van der Waals surface area contributed by atoms with Gasteiger partial charge in [0.25, 0.3) is 0 Å². The summed E-state index contributed by atoms with van der Waals surface area (Å²) in [5, 5.41) is 13.5. The Morgan fingerprint density at radius 2 is 1.89 bits per heavy atom. The first-order valence-corrected chi connectivity index (χ1v) is 8.47. The average molecular weight is 361 g/mol. The van der Waals surface area contributed by atoms with Gasteiger partial charge >= 0.3 is 5.97 Å². The smallest absolute Gasteiger partial charge is 0.343 e. The molecule has 0 aliphatic rings. The Morgan fingerprint density at radius 3 is 2.59 bits per heavy atom. The van der Waals surface area contributed by atoms with Gasteiger partial charge in [0.15, 0.2) is 6.10 Å². The van der Waals surface area contributed by atoms with Gasteiger partial charge in [-0.25, -0.2) is 4.79 Å². The number of nitrogens with zero attached hydrogens (tertiary/aromatic N) is 3. The Balaban J connectivity index is 2.04. The highest BCUT2D eigenvalue weighted by molar-refractivity contribution is 5.97. The van der Waals surface area contributed by atoms with Crippen LogP contribution in [-0.2, 0) is 11.3 Å². The predicted molar refractivity (Wildman–Crippen MR) is 100 cm³/mol. The number of hydrogen-bond acceptors (Lipinski definition) is 5. The maximum Gasteiger partial charge on any atom is 0.343 e. The maximum absolute atomic E-state index is 12.6. The van der Waals surface area contributed by atoms with Crippen LogP contribution in [0.1, 0.15) is 22.8 Å². The standard InChI is InChI=1S/C21H19N3O3/c1-15(12-22)27-21(25)18-14-24(13-16-8-4-3-5-9-16)23-20(18)17-10-6-7-11-19(17)26-2/h3-11,14-15H,13H2,1-2H3/t15-/m1/s1. The number of ether oxygens (including phenoxy) is 2. The first-order chi connectivity index (χ1) is 13.1. The van der Waals surface area contributed by atoms with Crippen molar-refractivity contribution < 1.29 is 14.3 Å². The molecule has 6 nitrogen and oxygen atoms in total. The first-order valence-electron chi connectivity index (χ1n) is 8.47. The second kappa shape index (κ2) is 8.19. The molecule has 0 unspecified atom stereocenters. The van der Waals surface area contributed by atoms with Crippen LogP contribution in [0.4, 0.5) is 0 Å². The van der Waals surface area contributed by atoms with Gasteiger partial charge in [0, 0.05) is 11.8 Å². The van der Waals surface area contributed by atoms with Crippen LogP contribution in [0.5, 0.6) is 5.75 Å². The third-order valence-corrected chi connectivity index (χ3v) is 4.00. The van der Waals surface area contributed by atoms with Crippen LogP contribution in [0.2, 0.25) is 0 Å². The van der Waals surface area contributed by atoms with Crippen LogP contribution in [-0.4, -0.2) is 29.0 Å². The van der Waals surface area contributed by atoms with E-state index in [0.29, 0.717) is 23.6 Å². The molecule has 0 saturated carbocycles. The zero-order valence-electron chi connectivity index (χ0n) is 15.1. The van der Waals surface area contributed by atoms with E-state index in [-0.39, 0.29) is 5.56 Å². The van der Waals surface area contributed by atoms with Crippen LogP contribution in [0.25, 0.3) is 11.3 Å². The number of rotatable bonds is 6. The second-order valence-corrected chi connectivity index (χ2v) is 5.95. The number of hydrogen-bond donors (Lipinski definition) is 0. The van der Waals surface area contributed by atoms with Crippen LogP contribution < -0.4 is 4.74 Å². The molecular formula is C21H19N3O3. The van der Waals surface area contributed by atoms with Gasteiger partial charge < -0.3 is 9.47 Å². The third-order valence-electron chi connectivity index (χ3n) is 4.00. The van der Waals surface area contributed by atoms with Gasteiger partial charge in [-0.3, -0.25) is 4.68 Å². The molecule has 6 heteroatoms. The summed E-state index contributed by atoms with van der Waals surface area (Å²) in [6.07, 6.45) is 0.793. The van der Waals surface area contributed by atoms with Crippen molar-refractivity contribution in [2.45, 2.75) is 19.6 Å². The Hall–Kier alpha value is -3.59. The molecule has 0 fully saturated rings.